The number of ether oxygens (including phenoxy) is 1. The van der Waals surface area contributed by atoms with E-state index >= 15 is 0 Å². The molecule has 0 heterocycles. The first kappa shape index (κ1) is 27.9. The number of unbranched alkanes of at least 4 members (excludes halogenated alkanes) is 14. The number of esters is 1. The van der Waals surface area contributed by atoms with Crippen LogP contribution in [0.3, 0.4) is 0 Å². The van der Waals surface area contributed by atoms with E-state index in [1.165, 1.54) is 95.6 Å². The number of hydrogen-bond acceptors (Lipinski definition) is 4. The van der Waals surface area contributed by atoms with Gasteiger partial charge in [-0.3, -0.25) is 10.1 Å². The lowest BCUT2D eigenvalue weighted by atomic mass is 10.0. The van der Waals surface area contributed by atoms with Crippen molar-refractivity contribution in [1.82, 2.24) is 0 Å². The second-order valence-corrected chi connectivity index (χ2v) is 8.72. The minimum atomic E-state index is -0.498. The smallest absolute Gasteiger partial charge is 0.330 e. The molecule has 0 N–H and O–H groups in total. The van der Waals surface area contributed by atoms with Gasteiger partial charge in [0.15, 0.2) is 0 Å². The van der Waals surface area contributed by atoms with E-state index in [0.717, 1.165) is 18.9 Å². The molecule has 1 unspecified atom stereocenters. The third kappa shape index (κ3) is 13.3. The van der Waals surface area contributed by atoms with Crippen LogP contribution >= 0.6 is 0 Å². The quantitative estimate of drug-likeness (QED) is 0.0662. The number of nitro benzene ring substituents is 1. The lowest BCUT2D eigenvalue weighted by Crippen LogP contribution is -2.09. The Morgan fingerprint density at radius 1 is 0.938 bits per heavy atom. The van der Waals surface area contributed by atoms with Gasteiger partial charge >= 0.3 is 5.97 Å². The van der Waals surface area contributed by atoms with Crippen molar-refractivity contribution in [2.24, 2.45) is 0 Å². The fourth-order valence-electron chi connectivity index (χ4n) is 4.02. The van der Waals surface area contributed by atoms with E-state index in [-0.39, 0.29) is 5.69 Å². The van der Waals surface area contributed by atoms with Gasteiger partial charge in [0.05, 0.1) is 4.92 Å². The van der Waals surface area contributed by atoms with Crippen molar-refractivity contribution < 1.29 is 14.5 Å². The van der Waals surface area contributed by atoms with Gasteiger partial charge in [0.25, 0.3) is 5.69 Å². The zero-order valence-electron chi connectivity index (χ0n) is 20.1. The lowest BCUT2D eigenvalue weighted by molar-refractivity contribution is -0.385. The summed E-state index contributed by atoms with van der Waals surface area (Å²) in [5.41, 5.74) is 0.679. The summed E-state index contributed by atoms with van der Waals surface area (Å²) < 4.78 is 5.46. The van der Waals surface area contributed by atoms with Crippen LogP contribution in [0.2, 0.25) is 0 Å². The molecule has 0 saturated heterocycles. The Bertz CT molecular complexity index is 659. The first-order valence-corrected chi connectivity index (χ1v) is 12.7. The van der Waals surface area contributed by atoms with Crippen LogP contribution in [0, 0.1) is 10.1 Å². The minimum absolute atomic E-state index is 0.0126. The van der Waals surface area contributed by atoms with Crippen molar-refractivity contribution >= 4 is 11.7 Å². The van der Waals surface area contributed by atoms with Crippen molar-refractivity contribution in [3.8, 4) is 0 Å². The molecule has 5 heteroatoms. The van der Waals surface area contributed by atoms with Crippen molar-refractivity contribution in [1.29, 1.82) is 0 Å². The third-order valence-corrected chi connectivity index (χ3v) is 5.95. The predicted octanol–water partition coefficient (Wildman–Crippen LogP) is 8.63. The molecule has 5 nitrogen and oxygen atoms in total. The Hall–Kier alpha value is -2.17. The number of nitro groups is 1. The molecule has 180 valence electrons. The van der Waals surface area contributed by atoms with Gasteiger partial charge in [-0.15, -0.1) is 0 Å². The average molecular weight is 446 g/mol. The van der Waals surface area contributed by atoms with Crippen LogP contribution in [0.1, 0.15) is 121 Å². The van der Waals surface area contributed by atoms with Gasteiger partial charge in [-0.1, -0.05) is 116 Å². The van der Waals surface area contributed by atoms with E-state index in [1.54, 1.807) is 12.1 Å². The molecular formula is C27H43NO4. The largest absolute Gasteiger partial charge is 0.454 e. The fourth-order valence-corrected chi connectivity index (χ4v) is 4.02. The molecule has 0 spiro atoms. The summed E-state index contributed by atoms with van der Waals surface area (Å²) in [5.74, 6) is -0.498. The van der Waals surface area contributed by atoms with E-state index in [1.807, 2.05) is 0 Å². The Labute approximate surface area is 194 Å². The molecule has 32 heavy (non-hydrogen) atoms. The van der Waals surface area contributed by atoms with Crippen LogP contribution in [0.15, 0.2) is 36.9 Å². The van der Waals surface area contributed by atoms with Crippen LogP contribution in [-0.4, -0.2) is 10.9 Å². The summed E-state index contributed by atoms with van der Waals surface area (Å²) in [5, 5.41) is 11.0. The fraction of sp³-hybridized carbons (Fsp3) is 0.667. The van der Waals surface area contributed by atoms with E-state index in [0.29, 0.717) is 12.0 Å². The van der Waals surface area contributed by atoms with Crippen LogP contribution in [0.5, 0.6) is 0 Å². The van der Waals surface area contributed by atoms with E-state index in [9.17, 15) is 14.9 Å². The van der Waals surface area contributed by atoms with Crippen LogP contribution < -0.4 is 0 Å². The topological polar surface area (TPSA) is 69.4 Å². The van der Waals surface area contributed by atoms with Gasteiger partial charge in [0.2, 0.25) is 0 Å². The van der Waals surface area contributed by atoms with Gasteiger partial charge in [0.1, 0.15) is 6.10 Å². The first-order chi connectivity index (χ1) is 15.6. The van der Waals surface area contributed by atoms with Gasteiger partial charge in [-0.25, -0.2) is 4.79 Å². The zero-order valence-corrected chi connectivity index (χ0v) is 20.1. The molecule has 0 bridgehead atoms. The van der Waals surface area contributed by atoms with Crippen molar-refractivity contribution in [3.05, 3.63) is 52.6 Å². The Morgan fingerprint density at radius 3 is 1.91 bits per heavy atom. The van der Waals surface area contributed by atoms with Gasteiger partial charge in [-0.2, -0.15) is 0 Å². The van der Waals surface area contributed by atoms with Crippen LogP contribution in [-0.2, 0) is 9.53 Å². The van der Waals surface area contributed by atoms with Crippen LogP contribution in [0.25, 0.3) is 0 Å². The number of rotatable bonds is 20. The molecule has 0 aliphatic carbocycles. The minimum Gasteiger partial charge on any atom is -0.454 e. The molecule has 0 aliphatic rings. The number of non-ortho nitro benzene ring substituents is 1. The number of carbonyl (C=O) groups is 1. The summed E-state index contributed by atoms with van der Waals surface area (Å²) in [7, 11) is 0. The molecule has 0 saturated carbocycles. The van der Waals surface area contributed by atoms with E-state index < -0.39 is 17.0 Å². The van der Waals surface area contributed by atoms with Crippen LogP contribution in [0.4, 0.5) is 5.69 Å². The molecule has 1 aromatic rings. The second-order valence-electron chi connectivity index (χ2n) is 8.72. The summed E-state index contributed by atoms with van der Waals surface area (Å²) in [4.78, 5) is 22.3. The highest BCUT2D eigenvalue weighted by atomic mass is 16.6. The molecular weight excluding hydrogens is 402 g/mol. The second kappa shape index (κ2) is 18.4. The molecule has 1 atom stereocenters. The maximum atomic E-state index is 11.7. The first-order valence-electron chi connectivity index (χ1n) is 12.7. The Kier molecular flexibility index (Phi) is 16.0. The maximum Gasteiger partial charge on any atom is 0.330 e. The Morgan fingerprint density at radius 2 is 1.44 bits per heavy atom. The molecule has 0 aromatic heterocycles. The molecule has 1 aromatic carbocycles. The molecule has 1 rings (SSSR count). The van der Waals surface area contributed by atoms with Gasteiger partial charge in [0, 0.05) is 18.2 Å². The highest BCUT2D eigenvalue weighted by molar-refractivity contribution is 5.81. The highest BCUT2D eigenvalue weighted by Gasteiger charge is 2.18. The summed E-state index contributed by atoms with van der Waals surface area (Å²) >= 11 is 0. The standard InChI is InChI=1S/C27H43NO4/c1-3-5-6-7-8-9-10-11-12-13-14-15-16-17-18-22-26(32-27(29)4-2)24-20-19-21-25(23-24)28(30)31/h4,19-21,23,26H,2-3,5-18,22H2,1H3. The number of hydrogen-bond donors (Lipinski definition) is 0. The zero-order chi connectivity index (χ0) is 23.4. The van der Waals surface area contributed by atoms with Crippen molar-refractivity contribution in [3.63, 3.8) is 0 Å². The lowest BCUT2D eigenvalue weighted by Gasteiger charge is -2.17. The summed E-state index contributed by atoms with van der Waals surface area (Å²) in [6.45, 7) is 5.71. The SMILES string of the molecule is C=CC(=O)OC(CCCCCCCCCCCCCCCCC)c1cccc([N+](=O)[O-])c1. The van der Waals surface area contributed by atoms with Gasteiger partial charge in [-0.05, 0) is 18.4 Å². The third-order valence-electron chi connectivity index (χ3n) is 5.95. The van der Waals surface area contributed by atoms with E-state index in [4.69, 9.17) is 4.74 Å². The highest BCUT2D eigenvalue weighted by Crippen LogP contribution is 2.27. The van der Waals surface area contributed by atoms with Crippen molar-refractivity contribution in [2.75, 3.05) is 0 Å². The van der Waals surface area contributed by atoms with E-state index in [2.05, 4.69) is 13.5 Å². The Balaban J connectivity index is 2.16. The molecule has 0 aliphatic heterocycles. The normalized spacial score (nSPS) is 11.8. The van der Waals surface area contributed by atoms with Crippen molar-refractivity contribution in [2.45, 2.75) is 116 Å². The maximum absolute atomic E-state index is 11.7. The number of carbonyl (C=O) groups excluding carboxylic acids is 1. The summed E-state index contributed by atoms with van der Waals surface area (Å²) in [6.07, 6.45) is 20.8. The molecule has 0 amide bonds. The molecule has 0 fully saturated rings. The van der Waals surface area contributed by atoms with Gasteiger partial charge < -0.3 is 4.74 Å². The summed E-state index contributed by atoms with van der Waals surface area (Å²) in [6, 6.07) is 6.35. The monoisotopic (exact) mass is 445 g/mol. The average Bonchev–Trinajstić information content (AvgIpc) is 2.80. The number of benzene rings is 1. The predicted molar refractivity (Wildman–Crippen MR) is 132 cm³/mol. The number of nitrogens with zero attached hydrogens (tertiary/aromatic N) is 1. The molecule has 0 radical (unpaired) electrons.